The van der Waals surface area contributed by atoms with Gasteiger partial charge in [-0.2, -0.15) is 5.10 Å². The fourth-order valence-corrected chi connectivity index (χ4v) is 2.44. The zero-order valence-corrected chi connectivity index (χ0v) is 11.8. The summed E-state index contributed by atoms with van der Waals surface area (Å²) in [5.41, 5.74) is 0.252. The Bertz CT molecular complexity index is 330. The van der Waals surface area contributed by atoms with Crippen LogP contribution in [0, 0.1) is 5.41 Å². The summed E-state index contributed by atoms with van der Waals surface area (Å²) in [5, 5.41) is 7.69. The van der Waals surface area contributed by atoms with Crippen molar-refractivity contribution >= 4 is 0 Å². The van der Waals surface area contributed by atoms with Crippen LogP contribution >= 0.6 is 0 Å². The summed E-state index contributed by atoms with van der Waals surface area (Å²) in [4.78, 5) is 4.36. The first-order valence-corrected chi connectivity index (χ1v) is 6.58. The Balaban J connectivity index is 2.59. The Hall–Kier alpha value is -0.900. The lowest BCUT2D eigenvalue weighted by atomic mass is 9.82. The van der Waals surface area contributed by atoms with Crippen LogP contribution in [0.1, 0.15) is 46.9 Å². The van der Waals surface area contributed by atoms with E-state index >= 15 is 0 Å². The lowest BCUT2D eigenvalue weighted by Crippen LogP contribution is -2.32. The number of rotatable bonds is 7. The minimum Gasteiger partial charge on any atom is -0.315 e. The monoisotopic (exact) mass is 238 g/mol. The molecule has 98 valence electrons. The molecular weight excluding hydrogens is 212 g/mol. The van der Waals surface area contributed by atoms with Crippen molar-refractivity contribution in [2.24, 2.45) is 5.41 Å². The van der Waals surface area contributed by atoms with E-state index in [9.17, 15) is 0 Å². The molecule has 1 unspecified atom stereocenters. The molecule has 0 spiro atoms. The van der Waals surface area contributed by atoms with Crippen LogP contribution in [0.3, 0.4) is 0 Å². The van der Waals surface area contributed by atoms with Crippen LogP contribution in [-0.4, -0.2) is 27.4 Å². The first-order valence-electron chi connectivity index (χ1n) is 6.58. The van der Waals surface area contributed by atoms with Gasteiger partial charge in [0.05, 0.1) is 0 Å². The summed E-state index contributed by atoms with van der Waals surface area (Å²) < 4.78 is 1.99. The molecule has 1 heterocycles. The predicted octanol–water partition coefficient (Wildman–Crippen LogP) is 2.25. The van der Waals surface area contributed by atoms with Crippen LogP contribution in [0.25, 0.3) is 0 Å². The number of aromatic nitrogens is 3. The molecule has 0 amide bonds. The van der Waals surface area contributed by atoms with Gasteiger partial charge in [0, 0.05) is 19.0 Å². The van der Waals surface area contributed by atoms with E-state index in [0.29, 0.717) is 6.04 Å². The molecule has 17 heavy (non-hydrogen) atoms. The van der Waals surface area contributed by atoms with Crippen LogP contribution in [-0.2, 0) is 13.0 Å². The van der Waals surface area contributed by atoms with Crippen molar-refractivity contribution in [1.29, 1.82) is 0 Å². The van der Waals surface area contributed by atoms with Gasteiger partial charge >= 0.3 is 0 Å². The highest BCUT2D eigenvalue weighted by Gasteiger charge is 2.23. The summed E-state index contributed by atoms with van der Waals surface area (Å²) in [6, 6.07) is 0.549. The van der Waals surface area contributed by atoms with Crippen molar-refractivity contribution < 1.29 is 0 Å². The van der Waals surface area contributed by atoms with Crippen LogP contribution in [0.5, 0.6) is 0 Å². The molecule has 4 heteroatoms. The maximum absolute atomic E-state index is 4.36. The van der Waals surface area contributed by atoms with E-state index in [1.54, 1.807) is 6.33 Å². The second-order valence-corrected chi connectivity index (χ2v) is 5.50. The molecule has 0 saturated carbocycles. The number of hydrogen-bond donors (Lipinski definition) is 1. The summed E-state index contributed by atoms with van der Waals surface area (Å²) in [5.74, 6) is 1.10. The first-order chi connectivity index (χ1) is 7.98. The zero-order chi connectivity index (χ0) is 12.9. The molecule has 0 fully saturated rings. The Kier molecular flexibility index (Phi) is 5.12. The van der Waals surface area contributed by atoms with E-state index in [2.05, 4.69) is 50.0 Å². The van der Waals surface area contributed by atoms with E-state index in [4.69, 9.17) is 0 Å². The Morgan fingerprint density at radius 3 is 2.71 bits per heavy atom. The Morgan fingerprint density at radius 2 is 2.12 bits per heavy atom. The molecule has 1 rings (SSSR count). The van der Waals surface area contributed by atoms with Gasteiger partial charge in [0.2, 0.25) is 0 Å². The number of hydrogen-bond acceptors (Lipinski definition) is 3. The van der Waals surface area contributed by atoms with Gasteiger partial charge in [-0.3, -0.25) is 4.68 Å². The maximum atomic E-state index is 4.36. The molecule has 1 atom stereocenters. The second-order valence-electron chi connectivity index (χ2n) is 5.50. The number of nitrogens with zero attached hydrogens (tertiary/aromatic N) is 3. The smallest absolute Gasteiger partial charge is 0.138 e. The van der Waals surface area contributed by atoms with Gasteiger partial charge in [0.15, 0.2) is 0 Å². The van der Waals surface area contributed by atoms with Gasteiger partial charge < -0.3 is 5.32 Å². The number of aryl methyl sites for hydroxylation is 1. The Morgan fingerprint density at radius 1 is 1.41 bits per heavy atom. The van der Waals surface area contributed by atoms with Crippen molar-refractivity contribution in [1.82, 2.24) is 20.1 Å². The lowest BCUT2D eigenvalue weighted by molar-refractivity contribution is 0.279. The number of nitrogens with one attached hydrogen (secondary N) is 1. The fraction of sp³-hybridized carbons (Fsp3) is 0.846. The van der Waals surface area contributed by atoms with Crippen molar-refractivity contribution in [3.63, 3.8) is 0 Å². The third-order valence-corrected chi connectivity index (χ3v) is 3.04. The fourth-order valence-electron chi connectivity index (χ4n) is 2.44. The third kappa shape index (κ3) is 4.46. The minimum atomic E-state index is 0.252. The van der Waals surface area contributed by atoms with Crippen molar-refractivity contribution in [2.75, 3.05) is 6.54 Å². The molecule has 1 aromatic rings. The highest BCUT2D eigenvalue weighted by Crippen LogP contribution is 2.26. The van der Waals surface area contributed by atoms with E-state index in [1.807, 2.05) is 4.68 Å². The first kappa shape index (κ1) is 14.2. The quantitative estimate of drug-likeness (QED) is 0.792. The standard InChI is InChI=1S/C13H26N4/c1-6-14-11(3)8-13(4,5)9-12-15-10-16-17(12)7-2/h10-11,14H,6-9H2,1-5H3. The van der Waals surface area contributed by atoms with Crippen LogP contribution in [0.15, 0.2) is 6.33 Å². The third-order valence-electron chi connectivity index (χ3n) is 3.04. The maximum Gasteiger partial charge on any atom is 0.138 e. The van der Waals surface area contributed by atoms with E-state index in [-0.39, 0.29) is 5.41 Å². The highest BCUT2D eigenvalue weighted by atomic mass is 15.3. The van der Waals surface area contributed by atoms with E-state index < -0.39 is 0 Å². The summed E-state index contributed by atoms with van der Waals surface area (Å²) in [6.45, 7) is 13.0. The van der Waals surface area contributed by atoms with Crippen LogP contribution in [0.2, 0.25) is 0 Å². The van der Waals surface area contributed by atoms with Gasteiger partial charge in [-0.15, -0.1) is 0 Å². The van der Waals surface area contributed by atoms with Gasteiger partial charge in [-0.05, 0) is 32.2 Å². The van der Waals surface area contributed by atoms with E-state index in [0.717, 1.165) is 31.8 Å². The van der Waals surface area contributed by atoms with Crippen LogP contribution < -0.4 is 5.32 Å². The topological polar surface area (TPSA) is 42.7 Å². The van der Waals surface area contributed by atoms with Gasteiger partial charge in [-0.1, -0.05) is 20.8 Å². The molecule has 0 aliphatic rings. The van der Waals surface area contributed by atoms with Crippen molar-refractivity contribution in [2.45, 2.75) is 60.0 Å². The van der Waals surface area contributed by atoms with Gasteiger partial charge in [-0.25, -0.2) is 4.98 Å². The molecule has 0 aliphatic heterocycles. The lowest BCUT2D eigenvalue weighted by Gasteiger charge is -2.28. The molecule has 0 bridgehead atoms. The largest absolute Gasteiger partial charge is 0.315 e. The van der Waals surface area contributed by atoms with Crippen LogP contribution in [0.4, 0.5) is 0 Å². The second kappa shape index (κ2) is 6.15. The average molecular weight is 238 g/mol. The summed E-state index contributed by atoms with van der Waals surface area (Å²) in [7, 11) is 0. The highest BCUT2D eigenvalue weighted by molar-refractivity contribution is 4.91. The molecule has 1 aromatic heterocycles. The predicted molar refractivity (Wildman–Crippen MR) is 70.9 cm³/mol. The van der Waals surface area contributed by atoms with Gasteiger partial charge in [0.25, 0.3) is 0 Å². The molecule has 0 saturated heterocycles. The molecule has 1 N–H and O–H groups in total. The van der Waals surface area contributed by atoms with Crippen molar-refractivity contribution in [3.05, 3.63) is 12.2 Å². The molecule has 4 nitrogen and oxygen atoms in total. The molecule has 0 aliphatic carbocycles. The normalized spacial score (nSPS) is 13.9. The zero-order valence-electron chi connectivity index (χ0n) is 11.8. The summed E-state index contributed by atoms with van der Waals surface area (Å²) in [6.07, 6.45) is 3.79. The molecule has 0 radical (unpaired) electrons. The Labute approximate surface area is 105 Å². The van der Waals surface area contributed by atoms with Gasteiger partial charge in [0.1, 0.15) is 12.2 Å². The van der Waals surface area contributed by atoms with Crippen molar-refractivity contribution in [3.8, 4) is 0 Å². The summed E-state index contributed by atoms with van der Waals surface area (Å²) >= 11 is 0. The molecular formula is C13H26N4. The molecule has 0 aromatic carbocycles. The average Bonchev–Trinajstić information content (AvgIpc) is 2.63. The van der Waals surface area contributed by atoms with E-state index in [1.165, 1.54) is 0 Å². The SMILES string of the molecule is CCNC(C)CC(C)(C)Cc1ncnn1CC. The minimum absolute atomic E-state index is 0.252.